The highest BCUT2D eigenvalue weighted by molar-refractivity contribution is 7.99. The maximum Gasteiger partial charge on any atom is 0.230 e. The molecule has 2 aromatic heterocycles. The van der Waals surface area contributed by atoms with Crippen molar-refractivity contribution in [1.29, 1.82) is 0 Å². The van der Waals surface area contributed by atoms with Crippen LogP contribution in [0.1, 0.15) is 61.3 Å². The molecule has 0 aliphatic heterocycles. The van der Waals surface area contributed by atoms with Crippen molar-refractivity contribution in [3.63, 3.8) is 0 Å². The lowest BCUT2D eigenvalue weighted by Gasteiger charge is -2.12. The van der Waals surface area contributed by atoms with Gasteiger partial charge in [0.1, 0.15) is 5.82 Å². The van der Waals surface area contributed by atoms with Crippen molar-refractivity contribution >= 4 is 29.0 Å². The van der Waals surface area contributed by atoms with E-state index in [1.165, 1.54) is 42.3 Å². The van der Waals surface area contributed by atoms with Crippen LogP contribution in [-0.2, 0) is 4.79 Å². The molecule has 122 valence electrons. The monoisotopic (exact) mass is 348 g/mol. The number of nitrogens with zero attached hydrogens (tertiary/aromatic N) is 3. The zero-order valence-electron chi connectivity index (χ0n) is 13.1. The SMILES string of the molecule is CC(NC(=O)CSc1nnc(C2CC2)n1C1CC1)c1cccs1. The first-order valence-corrected chi connectivity index (χ1v) is 9.99. The Hall–Kier alpha value is -1.34. The van der Waals surface area contributed by atoms with E-state index >= 15 is 0 Å². The van der Waals surface area contributed by atoms with Gasteiger partial charge < -0.3 is 9.88 Å². The molecule has 0 spiro atoms. The number of hydrogen-bond acceptors (Lipinski definition) is 5. The summed E-state index contributed by atoms with van der Waals surface area (Å²) in [5, 5.41) is 14.7. The Kier molecular flexibility index (Phi) is 4.15. The molecule has 1 atom stereocenters. The van der Waals surface area contributed by atoms with Crippen LogP contribution in [0.3, 0.4) is 0 Å². The van der Waals surface area contributed by atoms with Gasteiger partial charge in [-0.15, -0.1) is 21.5 Å². The average molecular weight is 348 g/mol. The molecule has 1 amide bonds. The predicted octanol–water partition coefficient (Wildman–Crippen LogP) is 3.52. The molecule has 2 saturated carbocycles. The van der Waals surface area contributed by atoms with Gasteiger partial charge in [-0.05, 0) is 44.1 Å². The third-order valence-corrected chi connectivity index (χ3v) is 6.22. The Morgan fingerprint density at radius 2 is 2.26 bits per heavy atom. The smallest absolute Gasteiger partial charge is 0.230 e. The second-order valence-electron chi connectivity index (χ2n) is 6.31. The lowest BCUT2D eigenvalue weighted by atomic mass is 10.3. The predicted molar refractivity (Wildman–Crippen MR) is 91.9 cm³/mol. The molecule has 0 aromatic carbocycles. The minimum atomic E-state index is 0.0502. The average Bonchev–Trinajstić information content (AvgIpc) is 3.47. The molecule has 2 aliphatic rings. The molecule has 1 N–H and O–H groups in total. The fraction of sp³-hybridized carbons (Fsp3) is 0.562. The van der Waals surface area contributed by atoms with Crippen LogP contribution in [0.25, 0.3) is 0 Å². The van der Waals surface area contributed by atoms with Gasteiger partial charge in [0, 0.05) is 16.8 Å². The van der Waals surface area contributed by atoms with E-state index in [-0.39, 0.29) is 11.9 Å². The summed E-state index contributed by atoms with van der Waals surface area (Å²) in [5.41, 5.74) is 0. The summed E-state index contributed by atoms with van der Waals surface area (Å²) in [5.74, 6) is 2.19. The van der Waals surface area contributed by atoms with Crippen molar-refractivity contribution in [2.45, 2.75) is 55.8 Å². The zero-order chi connectivity index (χ0) is 15.8. The second kappa shape index (κ2) is 6.28. The lowest BCUT2D eigenvalue weighted by Crippen LogP contribution is -2.27. The highest BCUT2D eigenvalue weighted by Gasteiger charge is 2.36. The number of carbonyl (C=O) groups excluding carboxylic acids is 1. The number of amides is 1. The van der Waals surface area contributed by atoms with E-state index in [1.807, 2.05) is 24.4 Å². The number of rotatable bonds is 7. The number of carbonyl (C=O) groups is 1. The van der Waals surface area contributed by atoms with Gasteiger partial charge in [0.2, 0.25) is 5.91 Å². The van der Waals surface area contributed by atoms with E-state index in [4.69, 9.17) is 0 Å². The fourth-order valence-corrected chi connectivity index (χ4v) is 4.26. The van der Waals surface area contributed by atoms with Gasteiger partial charge >= 0.3 is 0 Å². The molecule has 23 heavy (non-hydrogen) atoms. The number of nitrogens with one attached hydrogen (secondary N) is 1. The molecular weight excluding hydrogens is 328 g/mol. The van der Waals surface area contributed by atoms with Crippen molar-refractivity contribution in [3.8, 4) is 0 Å². The molecule has 5 nitrogen and oxygen atoms in total. The molecule has 0 saturated heterocycles. The van der Waals surface area contributed by atoms with Gasteiger partial charge in [-0.3, -0.25) is 4.79 Å². The van der Waals surface area contributed by atoms with Crippen LogP contribution in [0.15, 0.2) is 22.7 Å². The molecule has 2 fully saturated rings. The van der Waals surface area contributed by atoms with Gasteiger partial charge in [-0.1, -0.05) is 17.8 Å². The van der Waals surface area contributed by atoms with Crippen LogP contribution >= 0.6 is 23.1 Å². The van der Waals surface area contributed by atoms with Gasteiger partial charge in [-0.25, -0.2) is 0 Å². The summed E-state index contributed by atoms with van der Waals surface area (Å²) in [6.07, 6.45) is 4.89. The maximum absolute atomic E-state index is 12.2. The Labute approximate surface area is 143 Å². The van der Waals surface area contributed by atoms with Crippen LogP contribution in [-0.4, -0.2) is 26.4 Å². The van der Waals surface area contributed by atoms with E-state index in [2.05, 4.69) is 20.1 Å². The molecule has 1 unspecified atom stereocenters. The summed E-state index contributed by atoms with van der Waals surface area (Å²) in [7, 11) is 0. The largest absolute Gasteiger partial charge is 0.348 e. The molecule has 4 rings (SSSR count). The number of aromatic nitrogens is 3. The summed E-state index contributed by atoms with van der Waals surface area (Å²) < 4.78 is 2.29. The Balaban J connectivity index is 1.36. The van der Waals surface area contributed by atoms with Crippen molar-refractivity contribution in [2.75, 3.05) is 5.75 Å². The van der Waals surface area contributed by atoms with Crippen LogP contribution < -0.4 is 5.32 Å². The normalized spacial score (nSPS) is 18.8. The van der Waals surface area contributed by atoms with Gasteiger partial charge in [-0.2, -0.15) is 0 Å². The lowest BCUT2D eigenvalue weighted by molar-refractivity contribution is -0.119. The van der Waals surface area contributed by atoms with E-state index in [0.29, 0.717) is 17.7 Å². The molecule has 2 aliphatic carbocycles. The van der Waals surface area contributed by atoms with E-state index in [0.717, 1.165) is 11.0 Å². The quantitative estimate of drug-likeness (QED) is 0.778. The first kappa shape index (κ1) is 15.2. The Morgan fingerprint density at radius 1 is 1.43 bits per heavy atom. The Morgan fingerprint density at radius 3 is 2.91 bits per heavy atom. The zero-order valence-corrected chi connectivity index (χ0v) is 14.7. The molecule has 7 heteroatoms. The van der Waals surface area contributed by atoms with Crippen molar-refractivity contribution in [3.05, 3.63) is 28.2 Å². The van der Waals surface area contributed by atoms with E-state index < -0.39 is 0 Å². The minimum absolute atomic E-state index is 0.0502. The van der Waals surface area contributed by atoms with Crippen molar-refractivity contribution < 1.29 is 4.79 Å². The second-order valence-corrected chi connectivity index (χ2v) is 8.23. The Bertz CT molecular complexity index is 689. The standard InChI is InChI=1S/C16H20N4OS2/c1-10(13-3-2-8-22-13)17-14(21)9-23-16-19-18-15(11-4-5-11)20(16)12-6-7-12/h2-3,8,10-12H,4-7,9H2,1H3,(H,17,21). The van der Waals surface area contributed by atoms with E-state index in [9.17, 15) is 4.79 Å². The third kappa shape index (κ3) is 3.45. The van der Waals surface area contributed by atoms with Crippen LogP contribution in [0.2, 0.25) is 0 Å². The molecule has 0 bridgehead atoms. The van der Waals surface area contributed by atoms with Crippen LogP contribution in [0.4, 0.5) is 0 Å². The minimum Gasteiger partial charge on any atom is -0.348 e. The molecule has 2 heterocycles. The third-order valence-electron chi connectivity index (χ3n) is 4.23. The number of hydrogen-bond donors (Lipinski definition) is 1. The summed E-state index contributed by atoms with van der Waals surface area (Å²) >= 11 is 3.18. The van der Waals surface area contributed by atoms with Crippen LogP contribution in [0.5, 0.6) is 0 Å². The van der Waals surface area contributed by atoms with Gasteiger partial charge in [0.25, 0.3) is 0 Å². The molecule has 0 radical (unpaired) electrons. The topological polar surface area (TPSA) is 59.8 Å². The fourth-order valence-electron chi connectivity index (χ4n) is 2.70. The first-order chi connectivity index (χ1) is 11.2. The highest BCUT2D eigenvalue weighted by Crippen LogP contribution is 2.45. The summed E-state index contributed by atoms with van der Waals surface area (Å²) in [6, 6.07) is 4.69. The van der Waals surface area contributed by atoms with E-state index in [1.54, 1.807) is 11.3 Å². The summed E-state index contributed by atoms with van der Waals surface area (Å²) in [4.78, 5) is 13.4. The molecular formula is C16H20N4OS2. The van der Waals surface area contributed by atoms with Gasteiger partial charge in [0.05, 0.1) is 11.8 Å². The first-order valence-electron chi connectivity index (χ1n) is 8.12. The number of thiophene rings is 1. The highest BCUT2D eigenvalue weighted by atomic mass is 32.2. The van der Waals surface area contributed by atoms with Gasteiger partial charge in [0.15, 0.2) is 5.16 Å². The van der Waals surface area contributed by atoms with Crippen LogP contribution in [0, 0.1) is 0 Å². The summed E-state index contributed by atoms with van der Waals surface area (Å²) in [6.45, 7) is 2.02. The maximum atomic E-state index is 12.2. The van der Waals surface area contributed by atoms with Crippen molar-refractivity contribution in [1.82, 2.24) is 20.1 Å². The van der Waals surface area contributed by atoms with Crippen molar-refractivity contribution in [2.24, 2.45) is 0 Å². The number of thioether (sulfide) groups is 1. The molecule has 2 aromatic rings.